The van der Waals surface area contributed by atoms with Crippen LogP contribution in [0.5, 0.6) is 0 Å². The number of rotatable bonds is 6. The van der Waals surface area contributed by atoms with Crippen LogP contribution in [0.15, 0.2) is 211 Å². The number of hydrogen-bond donors (Lipinski definition) is 0. The summed E-state index contributed by atoms with van der Waals surface area (Å²) < 4.78 is 8.75. The molecule has 284 valence electrons. The Morgan fingerprint density at radius 1 is 0.400 bits per heavy atom. The van der Waals surface area contributed by atoms with Gasteiger partial charge in [0.2, 0.25) is 0 Å². The van der Waals surface area contributed by atoms with Gasteiger partial charge in [-0.1, -0.05) is 141 Å². The zero-order valence-electron chi connectivity index (χ0n) is 33.4. The Labute approximate surface area is 349 Å². The highest BCUT2D eigenvalue weighted by Crippen LogP contribution is 2.51. The van der Waals surface area contributed by atoms with E-state index in [2.05, 4.69) is 224 Å². The summed E-state index contributed by atoms with van der Waals surface area (Å²) in [5, 5.41) is 4.67. The van der Waals surface area contributed by atoms with Crippen molar-refractivity contribution < 1.29 is 4.42 Å². The first-order valence-corrected chi connectivity index (χ1v) is 20.8. The van der Waals surface area contributed by atoms with Gasteiger partial charge >= 0.3 is 0 Å². The van der Waals surface area contributed by atoms with Crippen LogP contribution in [0, 0.1) is 0 Å². The number of para-hydroxylation sites is 2. The molecule has 0 aliphatic heterocycles. The van der Waals surface area contributed by atoms with Gasteiger partial charge in [-0.3, -0.25) is 0 Å². The molecule has 11 aromatic rings. The largest absolute Gasteiger partial charge is 0.456 e. The molecule has 9 aromatic carbocycles. The van der Waals surface area contributed by atoms with E-state index in [0.29, 0.717) is 0 Å². The summed E-state index contributed by atoms with van der Waals surface area (Å²) >= 11 is 0. The van der Waals surface area contributed by atoms with Gasteiger partial charge in [-0.2, -0.15) is 0 Å². The molecule has 2 aromatic heterocycles. The fraction of sp³-hybridized carbons (Fsp3) is 0.0526. The van der Waals surface area contributed by atoms with Crippen molar-refractivity contribution in [3.63, 3.8) is 0 Å². The normalized spacial score (nSPS) is 13.0. The Hall–Kier alpha value is -7.62. The summed E-state index contributed by atoms with van der Waals surface area (Å²) in [5.41, 5.74) is 18.6. The van der Waals surface area contributed by atoms with Crippen LogP contribution < -0.4 is 4.90 Å². The van der Waals surface area contributed by atoms with Crippen LogP contribution in [-0.4, -0.2) is 4.57 Å². The second-order valence-corrected chi connectivity index (χ2v) is 16.5. The van der Waals surface area contributed by atoms with Crippen molar-refractivity contribution in [1.82, 2.24) is 4.57 Å². The van der Waals surface area contributed by atoms with Gasteiger partial charge in [-0.05, 0) is 123 Å². The summed E-state index contributed by atoms with van der Waals surface area (Å²) in [5.74, 6) is 0. The summed E-state index contributed by atoms with van der Waals surface area (Å²) in [6, 6.07) is 75.0. The maximum Gasteiger partial charge on any atom is 0.136 e. The first-order chi connectivity index (χ1) is 29.5. The first kappa shape index (κ1) is 34.4. The lowest BCUT2D eigenvalue weighted by atomic mass is 9.82. The monoisotopic (exact) mass is 768 g/mol. The molecule has 0 atom stereocenters. The van der Waals surface area contributed by atoms with Gasteiger partial charge in [0.05, 0.1) is 11.0 Å². The standard InChI is InChI=1S/C57H40N2O/c1-57(2)50-21-11-9-18-45(50)46-31-29-43(36-51(46)57)58(41-27-24-38(25-28-41)37-14-5-3-6-15-37)42-30-33-53-49(35-42)48-34-39(26-32-52(48)59(53)40-16-7-4-8-17-40)44-20-13-23-55-56(44)47-19-10-12-22-54(47)60-55/h3-36H,1-2H3. The third kappa shape index (κ3) is 5.22. The predicted octanol–water partition coefficient (Wildman–Crippen LogP) is 15.8. The molecule has 0 amide bonds. The van der Waals surface area contributed by atoms with E-state index in [1.165, 1.54) is 44.2 Å². The van der Waals surface area contributed by atoms with Crippen LogP contribution in [0.1, 0.15) is 25.0 Å². The Balaban J connectivity index is 1.09. The SMILES string of the molecule is CC1(C)c2ccccc2-c2ccc(N(c3ccc(-c4ccccc4)cc3)c3ccc4c(c3)c3cc(-c5cccc6oc7ccccc7c56)ccc3n4-c3ccccc3)cc21. The molecule has 1 aliphatic carbocycles. The number of nitrogens with zero attached hydrogens (tertiary/aromatic N) is 2. The van der Waals surface area contributed by atoms with E-state index >= 15 is 0 Å². The van der Waals surface area contributed by atoms with Crippen molar-refractivity contribution in [3.8, 4) is 39.1 Å². The fourth-order valence-corrected chi connectivity index (χ4v) is 9.90. The zero-order valence-corrected chi connectivity index (χ0v) is 33.4. The van der Waals surface area contributed by atoms with Crippen LogP contribution in [0.3, 0.4) is 0 Å². The molecule has 2 heterocycles. The second-order valence-electron chi connectivity index (χ2n) is 16.5. The highest BCUT2D eigenvalue weighted by atomic mass is 16.3. The lowest BCUT2D eigenvalue weighted by molar-refractivity contribution is 0.660. The topological polar surface area (TPSA) is 21.3 Å². The quantitative estimate of drug-likeness (QED) is 0.168. The van der Waals surface area contributed by atoms with Crippen molar-refractivity contribution in [3.05, 3.63) is 217 Å². The number of aromatic nitrogens is 1. The number of hydrogen-bond acceptors (Lipinski definition) is 2. The zero-order chi connectivity index (χ0) is 40.0. The summed E-state index contributed by atoms with van der Waals surface area (Å²) in [4.78, 5) is 2.43. The molecule has 0 saturated heterocycles. The van der Waals surface area contributed by atoms with Gasteiger partial charge in [0.25, 0.3) is 0 Å². The minimum Gasteiger partial charge on any atom is -0.456 e. The Morgan fingerprint density at radius 2 is 0.983 bits per heavy atom. The fourth-order valence-electron chi connectivity index (χ4n) is 9.90. The average molecular weight is 769 g/mol. The molecular formula is C57H40N2O. The molecule has 0 unspecified atom stereocenters. The molecule has 60 heavy (non-hydrogen) atoms. The molecule has 0 bridgehead atoms. The van der Waals surface area contributed by atoms with Crippen LogP contribution in [0.25, 0.3) is 82.8 Å². The number of benzene rings is 9. The Bertz CT molecular complexity index is 3450. The van der Waals surface area contributed by atoms with Crippen LogP contribution in [0.2, 0.25) is 0 Å². The number of anilines is 3. The molecular weight excluding hydrogens is 729 g/mol. The maximum atomic E-state index is 6.34. The average Bonchev–Trinajstić information content (AvgIpc) is 3.92. The maximum absolute atomic E-state index is 6.34. The minimum atomic E-state index is -0.128. The Morgan fingerprint density at radius 3 is 1.82 bits per heavy atom. The molecule has 0 fully saturated rings. The van der Waals surface area contributed by atoms with E-state index in [0.717, 1.165) is 66.8 Å². The van der Waals surface area contributed by atoms with E-state index in [-0.39, 0.29) is 5.41 Å². The molecule has 1 aliphatic rings. The van der Waals surface area contributed by atoms with Crippen LogP contribution in [0.4, 0.5) is 17.1 Å². The highest BCUT2D eigenvalue weighted by Gasteiger charge is 2.35. The van der Waals surface area contributed by atoms with E-state index in [9.17, 15) is 0 Å². The highest BCUT2D eigenvalue weighted by molar-refractivity contribution is 6.15. The van der Waals surface area contributed by atoms with E-state index in [4.69, 9.17) is 4.42 Å². The van der Waals surface area contributed by atoms with E-state index < -0.39 is 0 Å². The van der Waals surface area contributed by atoms with Gasteiger partial charge in [-0.25, -0.2) is 0 Å². The van der Waals surface area contributed by atoms with Crippen molar-refractivity contribution in [2.24, 2.45) is 0 Å². The second kappa shape index (κ2) is 13.2. The smallest absolute Gasteiger partial charge is 0.136 e. The van der Waals surface area contributed by atoms with Crippen molar-refractivity contribution in [2.45, 2.75) is 19.3 Å². The third-order valence-corrected chi connectivity index (χ3v) is 12.8. The third-order valence-electron chi connectivity index (χ3n) is 12.8. The minimum absolute atomic E-state index is 0.128. The number of furan rings is 1. The van der Waals surface area contributed by atoms with Crippen LogP contribution in [-0.2, 0) is 5.41 Å². The van der Waals surface area contributed by atoms with Gasteiger partial charge in [0.1, 0.15) is 11.2 Å². The first-order valence-electron chi connectivity index (χ1n) is 20.8. The van der Waals surface area contributed by atoms with Gasteiger partial charge in [0.15, 0.2) is 0 Å². The molecule has 3 heteroatoms. The van der Waals surface area contributed by atoms with Crippen LogP contribution >= 0.6 is 0 Å². The number of fused-ring (bicyclic) bond motifs is 9. The van der Waals surface area contributed by atoms with E-state index in [1.54, 1.807) is 0 Å². The lowest BCUT2D eigenvalue weighted by Crippen LogP contribution is -2.16. The Kier molecular flexibility index (Phi) is 7.58. The summed E-state index contributed by atoms with van der Waals surface area (Å²) in [7, 11) is 0. The van der Waals surface area contributed by atoms with Crippen molar-refractivity contribution in [2.75, 3.05) is 4.90 Å². The van der Waals surface area contributed by atoms with Crippen molar-refractivity contribution in [1.29, 1.82) is 0 Å². The molecule has 0 spiro atoms. The molecule has 3 nitrogen and oxygen atoms in total. The van der Waals surface area contributed by atoms with Gasteiger partial charge in [-0.15, -0.1) is 0 Å². The van der Waals surface area contributed by atoms with Gasteiger partial charge in [0, 0.05) is 49.7 Å². The van der Waals surface area contributed by atoms with E-state index in [1.807, 2.05) is 6.07 Å². The summed E-state index contributed by atoms with van der Waals surface area (Å²) in [6.07, 6.45) is 0. The molecule has 12 rings (SSSR count). The van der Waals surface area contributed by atoms with Gasteiger partial charge < -0.3 is 13.9 Å². The predicted molar refractivity (Wildman–Crippen MR) is 251 cm³/mol. The molecule has 0 N–H and O–H groups in total. The lowest BCUT2D eigenvalue weighted by Gasteiger charge is -2.28. The van der Waals surface area contributed by atoms with Crippen molar-refractivity contribution >= 4 is 60.8 Å². The molecule has 0 radical (unpaired) electrons. The molecule has 0 saturated carbocycles. The summed E-state index contributed by atoms with van der Waals surface area (Å²) in [6.45, 7) is 4.71.